The molecule has 5 aromatic rings. The number of aromatic nitrogens is 5. The quantitative estimate of drug-likeness (QED) is 0.124. The molecule has 1 saturated carbocycles. The second kappa shape index (κ2) is 18.4. The maximum absolute atomic E-state index is 13.0. The Labute approximate surface area is 366 Å². The average molecular weight is 852 g/mol. The molecule has 15 nitrogen and oxygen atoms in total. The zero-order valence-electron chi connectivity index (χ0n) is 35.5. The molecule has 0 radical (unpaired) electrons. The largest absolute Gasteiger partial charge is 0.490 e. The molecular formula is C48H53N9O6. The van der Waals surface area contributed by atoms with Gasteiger partial charge in [-0.3, -0.25) is 19.7 Å². The van der Waals surface area contributed by atoms with Gasteiger partial charge < -0.3 is 28.7 Å². The second-order valence-electron chi connectivity index (χ2n) is 17.9. The number of imide groups is 1. The minimum absolute atomic E-state index is 0.172. The van der Waals surface area contributed by atoms with Crippen LogP contribution in [0.1, 0.15) is 85.7 Å². The molecule has 1 atom stereocenters. The van der Waals surface area contributed by atoms with Gasteiger partial charge in [0.15, 0.2) is 5.76 Å². The lowest BCUT2D eigenvalue weighted by atomic mass is 9.81. The molecule has 0 bridgehead atoms. The third-order valence-electron chi connectivity index (χ3n) is 13.7. The molecular weight excluding hydrogens is 799 g/mol. The van der Waals surface area contributed by atoms with Gasteiger partial charge in [-0.1, -0.05) is 29.1 Å². The van der Waals surface area contributed by atoms with E-state index in [1.165, 1.54) is 38.8 Å². The van der Waals surface area contributed by atoms with Crippen LogP contribution < -0.4 is 10.1 Å². The summed E-state index contributed by atoms with van der Waals surface area (Å²) >= 11 is 0. The molecule has 2 N–H and O–H groups in total. The highest BCUT2D eigenvalue weighted by molar-refractivity contribution is 6.05. The smallest absolute Gasteiger partial charge is 0.255 e. The van der Waals surface area contributed by atoms with Crippen LogP contribution in [0.25, 0.3) is 33.6 Å². The molecule has 2 aromatic heterocycles. The van der Waals surface area contributed by atoms with Gasteiger partial charge in [0.25, 0.3) is 5.91 Å². The van der Waals surface area contributed by atoms with E-state index in [9.17, 15) is 14.4 Å². The van der Waals surface area contributed by atoms with Crippen LogP contribution in [0.15, 0.2) is 65.2 Å². The maximum atomic E-state index is 13.0. The van der Waals surface area contributed by atoms with Gasteiger partial charge in [-0.25, -0.2) is 0 Å². The lowest BCUT2D eigenvalue weighted by molar-refractivity contribution is -0.136. The number of benzene rings is 3. The van der Waals surface area contributed by atoms with Gasteiger partial charge in [-0.05, 0) is 129 Å². The normalized spacial score (nSPS) is 22.8. The highest BCUT2D eigenvalue weighted by Crippen LogP contribution is 2.35. The first-order valence-corrected chi connectivity index (χ1v) is 22.6. The van der Waals surface area contributed by atoms with E-state index in [0.29, 0.717) is 36.7 Å². The molecule has 6 heterocycles. The first kappa shape index (κ1) is 41.1. The fourth-order valence-electron chi connectivity index (χ4n) is 10.2. The zero-order chi connectivity index (χ0) is 42.7. The Kier molecular flexibility index (Phi) is 12.0. The van der Waals surface area contributed by atoms with E-state index in [0.717, 1.165) is 103 Å². The lowest BCUT2D eigenvalue weighted by Crippen LogP contribution is -2.52. The summed E-state index contributed by atoms with van der Waals surface area (Å²) in [7, 11) is 0. The standard InChI is InChI=1S/C48H53N9O6/c58-44-15-14-43(47(59)49-44)57-30-36-25-31(10-12-40(36)48(57)60)3-2-24-61-37-16-20-55(21-17-37)28-32-6-8-33(9-7-32)29-56-22-18-38(19-23-56)62-39-5-1-4-34(26-39)45-41-27-35(46-50-53-54-51-46)11-13-42(41)52-63-45/h1,4-5,10-13,25-27,32-33,37-38,43H,6-9,14-24,28-30H2,(H,49,58,59)(H,50,51,53,54). The number of likely N-dealkylation sites (tertiary alicyclic amines) is 2. The predicted molar refractivity (Wildman–Crippen MR) is 233 cm³/mol. The molecule has 3 aromatic carbocycles. The number of hydrogen-bond acceptors (Lipinski definition) is 12. The molecule has 3 saturated heterocycles. The topological polar surface area (TPSA) is 172 Å². The van der Waals surface area contributed by atoms with Gasteiger partial charge >= 0.3 is 0 Å². The number of carbonyl (C=O) groups is 3. The van der Waals surface area contributed by atoms with Gasteiger partial charge in [-0.15, -0.1) is 10.2 Å². The Bertz CT molecular complexity index is 2510. The minimum atomic E-state index is -0.617. The van der Waals surface area contributed by atoms with E-state index in [2.05, 4.69) is 52.7 Å². The molecule has 4 aliphatic heterocycles. The molecule has 10 rings (SSSR count). The molecule has 63 heavy (non-hydrogen) atoms. The maximum Gasteiger partial charge on any atom is 0.255 e. The fourth-order valence-corrected chi connectivity index (χ4v) is 10.2. The molecule has 1 aliphatic carbocycles. The van der Waals surface area contributed by atoms with Crippen LogP contribution >= 0.6 is 0 Å². The highest BCUT2D eigenvalue weighted by Gasteiger charge is 2.39. The van der Waals surface area contributed by atoms with Crippen molar-refractivity contribution in [2.75, 3.05) is 45.9 Å². The van der Waals surface area contributed by atoms with Crippen molar-refractivity contribution < 1.29 is 28.4 Å². The van der Waals surface area contributed by atoms with E-state index in [4.69, 9.17) is 14.0 Å². The van der Waals surface area contributed by atoms with E-state index in [1.807, 2.05) is 54.6 Å². The van der Waals surface area contributed by atoms with Gasteiger partial charge in [0.2, 0.25) is 17.6 Å². The molecule has 3 amide bonds. The van der Waals surface area contributed by atoms with Gasteiger partial charge in [0.1, 0.15) is 30.0 Å². The number of fused-ring (bicyclic) bond motifs is 2. The number of piperidine rings is 3. The van der Waals surface area contributed by atoms with E-state index in [-0.39, 0.29) is 30.4 Å². The van der Waals surface area contributed by atoms with Crippen molar-refractivity contribution in [3.8, 4) is 40.3 Å². The zero-order valence-corrected chi connectivity index (χ0v) is 35.5. The second-order valence-corrected chi connectivity index (χ2v) is 17.9. The summed E-state index contributed by atoms with van der Waals surface area (Å²) in [6, 6.07) is 18.9. The minimum Gasteiger partial charge on any atom is -0.490 e. The molecule has 326 valence electrons. The van der Waals surface area contributed by atoms with Crippen molar-refractivity contribution in [3.05, 3.63) is 77.4 Å². The van der Waals surface area contributed by atoms with Crippen molar-refractivity contribution in [3.63, 3.8) is 0 Å². The monoisotopic (exact) mass is 851 g/mol. The summed E-state index contributed by atoms with van der Waals surface area (Å²) in [4.78, 5) is 43.8. The molecule has 15 heteroatoms. The first-order chi connectivity index (χ1) is 30.9. The molecule has 1 unspecified atom stereocenters. The number of hydrogen-bond donors (Lipinski definition) is 2. The van der Waals surface area contributed by atoms with E-state index >= 15 is 0 Å². The highest BCUT2D eigenvalue weighted by atomic mass is 16.5. The van der Waals surface area contributed by atoms with Crippen LogP contribution in [0.4, 0.5) is 0 Å². The SMILES string of the molecule is O=C1CCC(N2Cc3cc(C#CCOC4CCN(CC5CCC(CN6CCC(Oc7cccc(-c8onc9ccc(-c%10nn[nH]n%10)cc89)c7)CC6)CC5)CC4)ccc3C2=O)C(=O)N1. The Morgan fingerprint density at radius 3 is 2.29 bits per heavy atom. The van der Waals surface area contributed by atoms with Crippen molar-refractivity contribution >= 4 is 28.6 Å². The summed E-state index contributed by atoms with van der Waals surface area (Å²) < 4.78 is 18.5. The van der Waals surface area contributed by atoms with Gasteiger partial charge in [0.05, 0.1) is 11.5 Å². The molecule has 5 aliphatic rings. The number of H-pyrrole nitrogens is 1. The van der Waals surface area contributed by atoms with Crippen LogP contribution in [-0.2, 0) is 20.9 Å². The number of nitrogens with zero attached hydrogens (tertiary/aromatic N) is 7. The third-order valence-corrected chi connectivity index (χ3v) is 13.7. The van der Waals surface area contributed by atoms with Crippen LogP contribution in [0.2, 0.25) is 0 Å². The summed E-state index contributed by atoms with van der Waals surface area (Å²) in [6.07, 6.45) is 10.4. The predicted octanol–water partition coefficient (Wildman–Crippen LogP) is 5.62. The van der Waals surface area contributed by atoms with Crippen LogP contribution in [0, 0.1) is 23.7 Å². The summed E-state index contributed by atoms with van der Waals surface area (Å²) in [5.74, 6) is 9.13. The average Bonchev–Trinajstić information content (AvgIpc) is 4.07. The number of nitrogens with one attached hydrogen (secondary N) is 2. The third kappa shape index (κ3) is 9.39. The first-order valence-electron chi connectivity index (χ1n) is 22.6. The van der Waals surface area contributed by atoms with Crippen molar-refractivity contribution in [2.45, 2.75) is 89.0 Å². The Morgan fingerprint density at radius 1 is 0.794 bits per heavy atom. The van der Waals surface area contributed by atoms with Crippen molar-refractivity contribution in [1.82, 2.24) is 45.8 Å². The van der Waals surface area contributed by atoms with Crippen molar-refractivity contribution in [2.24, 2.45) is 11.8 Å². The van der Waals surface area contributed by atoms with Gasteiger partial charge in [0, 0.05) is 74.5 Å². The Morgan fingerprint density at radius 2 is 1.56 bits per heavy atom. The Hall–Kier alpha value is -5.95. The number of ether oxygens (including phenoxy) is 2. The number of aromatic amines is 1. The van der Waals surface area contributed by atoms with Crippen LogP contribution in [-0.4, -0.2) is 122 Å². The van der Waals surface area contributed by atoms with E-state index < -0.39 is 11.9 Å². The number of carbonyl (C=O) groups excluding carboxylic acids is 3. The fraction of sp³-hybridized carbons (Fsp3) is 0.479. The molecule has 0 spiro atoms. The summed E-state index contributed by atoms with van der Waals surface area (Å²) in [6.45, 7) is 7.40. The summed E-state index contributed by atoms with van der Waals surface area (Å²) in [5, 5.41) is 21.9. The lowest BCUT2D eigenvalue weighted by Gasteiger charge is -2.38. The molecule has 4 fully saturated rings. The van der Waals surface area contributed by atoms with E-state index in [1.54, 1.807) is 11.0 Å². The number of amides is 3. The number of tetrazole rings is 1. The van der Waals surface area contributed by atoms with Crippen LogP contribution in [0.3, 0.4) is 0 Å². The van der Waals surface area contributed by atoms with Crippen molar-refractivity contribution in [1.29, 1.82) is 0 Å². The van der Waals surface area contributed by atoms with Gasteiger partial charge in [-0.2, -0.15) is 5.21 Å². The number of rotatable bonds is 11. The van der Waals surface area contributed by atoms with Crippen LogP contribution in [0.5, 0.6) is 5.75 Å². The Balaban J connectivity index is 0.611. The summed E-state index contributed by atoms with van der Waals surface area (Å²) in [5.41, 5.74) is 4.81.